The third-order valence-electron chi connectivity index (χ3n) is 6.38. The van der Waals surface area contributed by atoms with Crippen molar-refractivity contribution in [2.24, 2.45) is 0 Å². The largest absolute Gasteiger partial charge is 0.465 e. The average Bonchev–Trinajstić information content (AvgIpc) is 3.35. The number of carboxylic acid groups (broad SMARTS) is 1. The highest BCUT2D eigenvalue weighted by Gasteiger charge is 2.33. The van der Waals surface area contributed by atoms with E-state index >= 15 is 0 Å². The van der Waals surface area contributed by atoms with Crippen molar-refractivity contribution in [2.45, 2.75) is 50.7 Å². The van der Waals surface area contributed by atoms with Crippen LogP contribution in [0.5, 0.6) is 0 Å². The Hall–Kier alpha value is -3.48. The molecule has 2 fully saturated rings. The zero-order chi connectivity index (χ0) is 27.1. The number of carbonyl (C=O) groups is 2. The number of hydrogen-bond donors (Lipinski definition) is 2. The summed E-state index contributed by atoms with van der Waals surface area (Å²) >= 11 is 0. The summed E-state index contributed by atoms with van der Waals surface area (Å²) in [5, 5.41) is 9.85. The number of hydrogen-bond acceptors (Lipinski definition) is 6. The number of nitrogens with zero attached hydrogens (tertiary/aromatic N) is 3. The first-order chi connectivity index (χ1) is 18.2. The molecule has 12 heteroatoms. The highest BCUT2D eigenvalue weighted by Crippen LogP contribution is 2.30. The van der Waals surface area contributed by atoms with Gasteiger partial charge < -0.3 is 9.84 Å². The van der Waals surface area contributed by atoms with E-state index in [1.165, 1.54) is 35.4 Å². The fraction of sp³-hybridized carbons (Fsp3) is 0.423. The molecule has 2 aromatic rings. The first-order valence-corrected chi connectivity index (χ1v) is 12.3. The molecule has 0 spiro atoms. The predicted molar refractivity (Wildman–Crippen MR) is 132 cm³/mol. The van der Waals surface area contributed by atoms with Gasteiger partial charge in [-0.3, -0.25) is 14.6 Å². The van der Waals surface area contributed by atoms with Gasteiger partial charge in [-0.05, 0) is 60.7 Å². The molecule has 2 saturated heterocycles. The van der Waals surface area contributed by atoms with Crippen molar-refractivity contribution in [1.82, 2.24) is 15.4 Å². The van der Waals surface area contributed by atoms with Crippen LogP contribution in [-0.4, -0.2) is 59.0 Å². The van der Waals surface area contributed by atoms with E-state index in [0.29, 0.717) is 44.6 Å². The number of nitrogens with one attached hydrogen (secondary N) is 1. The molecule has 3 heterocycles. The highest BCUT2D eigenvalue weighted by molar-refractivity contribution is 5.91. The zero-order valence-electron chi connectivity index (χ0n) is 20.6. The van der Waals surface area contributed by atoms with Gasteiger partial charge in [0.05, 0.1) is 11.6 Å². The van der Waals surface area contributed by atoms with Gasteiger partial charge in [0, 0.05) is 44.9 Å². The molecule has 2 aliphatic rings. The van der Waals surface area contributed by atoms with Gasteiger partial charge in [0.2, 0.25) is 0 Å². The summed E-state index contributed by atoms with van der Waals surface area (Å²) in [6.07, 6.45) is 1.50. The van der Waals surface area contributed by atoms with Crippen molar-refractivity contribution >= 4 is 23.9 Å². The van der Waals surface area contributed by atoms with Crippen LogP contribution < -0.4 is 10.4 Å². The molecule has 0 aliphatic carbocycles. The molecule has 1 unspecified atom stereocenters. The summed E-state index contributed by atoms with van der Waals surface area (Å²) in [5.74, 6) is -0.215. The first kappa shape index (κ1) is 27.6. The maximum Gasteiger partial charge on any atom is 0.416 e. The maximum atomic E-state index is 12.8. The Labute approximate surface area is 217 Å². The Bertz CT molecular complexity index is 1120. The van der Waals surface area contributed by atoms with Crippen molar-refractivity contribution in [3.05, 3.63) is 65.4 Å². The molecule has 1 aromatic heterocycles. The number of rotatable bonds is 8. The standard InChI is InChI=1S/C26H29F3N4O5/c27-26(28,29)20-8-4-19(5-9-20)16-32-13-12-21(17-32)33(25(35)36)22-10-6-18(15-30-22)7-11-23(34)31-38-24-3-1-2-14-37-24/h4-11,15,21,24H,1-3,12-14,16-17H2,(H,31,34)(H,35,36)/t21-,24?/m1/s1. The highest BCUT2D eigenvalue weighted by atomic mass is 19.4. The number of aromatic nitrogens is 1. The first-order valence-electron chi connectivity index (χ1n) is 12.3. The molecular weight excluding hydrogens is 505 g/mol. The number of halogens is 3. The van der Waals surface area contributed by atoms with Crippen molar-refractivity contribution in [1.29, 1.82) is 0 Å². The molecule has 0 radical (unpaired) electrons. The second-order valence-corrected chi connectivity index (χ2v) is 9.19. The number of benzene rings is 1. The maximum absolute atomic E-state index is 12.8. The summed E-state index contributed by atoms with van der Waals surface area (Å²) in [7, 11) is 0. The van der Waals surface area contributed by atoms with Crippen molar-refractivity contribution < 1.29 is 37.4 Å². The molecule has 1 aromatic carbocycles. The Kier molecular flexibility index (Phi) is 8.97. The van der Waals surface area contributed by atoms with Gasteiger partial charge in [0.15, 0.2) is 6.29 Å². The van der Waals surface area contributed by atoms with Gasteiger partial charge in [-0.25, -0.2) is 20.1 Å². The van der Waals surface area contributed by atoms with E-state index in [-0.39, 0.29) is 11.9 Å². The van der Waals surface area contributed by atoms with Gasteiger partial charge in [0.25, 0.3) is 5.91 Å². The van der Waals surface area contributed by atoms with Crippen LogP contribution in [0.1, 0.15) is 42.4 Å². The van der Waals surface area contributed by atoms with Gasteiger partial charge in [-0.2, -0.15) is 13.2 Å². The van der Waals surface area contributed by atoms with Crippen LogP contribution in [0.4, 0.5) is 23.8 Å². The number of pyridine rings is 1. The average molecular weight is 535 g/mol. The lowest BCUT2D eigenvalue weighted by molar-refractivity contribution is -0.198. The van der Waals surface area contributed by atoms with Crippen LogP contribution in [0, 0.1) is 0 Å². The number of likely N-dealkylation sites (tertiary alicyclic amines) is 1. The van der Waals surface area contributed by atoms with E-state index in [2.05, 4.69) is 10.5 Å². The number of hydroxylamine groups is 1. The van der Waals surface area contributed by atoms with E-state index < -0.39 is 30.0 Å². The minimum absolute atomic E-state index is 0.248. The molecule has 9 nitrogen and oxygen atoms in total. The smallest absolute Gasteiger partial charge is 0.416 e. The predicted octanol–water partition coefficient (Wildman–Crippen LogP) is 4.45. The molecule has 2 aliphatic heterocycles. The second-order valence-electron chi connectivity index (χ2n) is 9.19. The Balaban J connectivity index is 1.31. The van der Waals surface area contributed by atoms with Gasteiger partial charge >= 0.3 is 12.3 Å². The summed E-state index contributed by atoms with van der Waals surface area (Å²) in [4.78, 5) is 36.7. The minimum atomic E-state index is -4.39. The molecule has 2 amide bonds. The fourth-order valence-electron chi connectivity index (χ4n) is 4.44. The normalized spacial score (nSPS) is 20.5. The summed E-state index contributed by atoms with van der Waals surface area (Å²) in [6, 6.07) is 7.84. The lowest BCUT2D eigenvalue weighted by atomic mass is 10.1. The monoisotopic (exact) mass is 534 g/mol. The van der Waals surface area contributed by atoms with Crippen LogP contribution in [0.3, 0.4) is 0 Å². The number of alkyl halides is 3. The van der Waals surface area contributed by atoms with Crippen LogP contribution in [0.25, 0.3) is 6.08 Å². The zero-order valence-corrected chi connectivity index (χ0v) is 20.6. The van der Waals surface area contributed by atoms with E-state index in [1.807, 2.05) is 4.90 Å². The molecule has 4 rings (SSSR count). The molecule has 204 valence electrons. The second kappa shape index (κ2) is 12.4. The van der Waals surface area contributed by atoms with Crippen molar-refractivity contribution in [3.8, 4) is 0 Å². The third-order valence-corrected chi connectivity index (χ3v) is 6.38. The minimum Gasteiger partial charge on any atom is -0.465 e. The molecular formula is C26H29F3N4O5. The molecule has 38 heavy (non-hydrogen) atoms. The van der Waals surface area contributed by atoms with Crippen LogP contribution >= 0.6 is 0 Å². The summed E-state index contributed by atoms with van der Waals surface area (Å²) in [5.41, 5.74) is 2.93. The Morgan fingerprint density at radius 2 is 1.97 bits per heavy atom. The number of carbonyl (C=O) groups excluding carboxylic acids is 1. The van der Waals surface area contributed by atoms with Crippen LogP contribution in [0.15, 0.2) is 48.7 Å². The van der Waals surface area contributed by atoms with Gasteiger partial charge in [-0.1, -0.05) is 12.1 Å². The lowest BCUT2D eigenvalue weighted by Gasteiger charge is -2.25. The Morgan fingerprint density at radius 1 is 1.18 bits per heavy atom. The summed E-state index contributed by atoms with van der Waals surface area (Å²) in [6.45, 7) is 2.03. The quantitative estimate of drug-likeness (QED) is 0.381. The van der Waals surface area contributed by atoms with E-state index in [9.17, 15) is 27.9 Å². The number of amides is 2. The SMILES string of the molecule is O=C(C=Cc1ccc(N(C(=O)O)[C@@H]2CCN(Cc3ccc(C(F)(F)F)cc3)C2)nc1)NOC1CCCCO1. The van der Waals surface area contributed by atoms with Crippen molar-refractivity contribution in [2.75, 3.05) is 24.6 Å². The van der Waals surface area contributed by atoms with Crippen molar-refractivity contribution in [3.63, 3.8) is 0 Å². The van der Waals surface area contributed by atoms with E-state index in [0.717, 1.165) is 30.5 Å². The van der Waals surface area contributed by atoms with Gasteiger partial charge in [0.1, 0.15) is 5.82 Å². The lowest BCUT2D eigenvalue weighted by Crippen LogP contribution is -2.41. The molecule has 0 saturated carbocycles. The summed E-state index contributed by atoms with van der Waals surface area (Å²) < 4.78 is 43.8. The number of anilines is 1. The van der Waals surface area contributed by atoms with Gasteiger partial charge in [-0.15, -0.1) is 0 Å². The number of ether oxygens (including phenoxy) is 1. The third kappa shape index (κ3) is 7.53. The van der Waals surface area contributed by atoms with E-state index in [4.69, 9.17) is 9.57 Å². The Morgan fingerprint density at radius 3 is 2.61 bits per heavy atom. The molecule has 2 atom stereocenters. The van der Waals surface area contributed by atoms with E-state index in [1.54, 1.807) is 12.1 Å². The van der Waals surface area contributed by atoms with Crippen LogP contribution in [-0.2, 0) is 27.1 Å². The fourth-order valence-corrected chi connectivity index (χ4v) is 4.44. The molecule has 0 bridgehead atoms. The molecule has 2 N–H and O–H groups in total. The topological polar surface area (TPSA) is 104 Å². The van der Waals surface area contributed by atoms with Crippen LogP contribution in [0.2, 0.25) is 0 Å².